The lowest BCUT2D eigenvalue weighted by molar-refractivity contribution is 1.19. The van der Waals surface area contributed by atoms with Crippen molar-refractivity contribution in [3.05, 3.63) is 18.3 Å². The molecule has 1 rings (SSSR count). The van der Waals surface area contributed by atoms with Gasteiger partial charge in [-0.25, -0.2) is 0 Å². The van der Waals surface area contributed by atoms with Gasteiger partial charge in [-0.3, -0.25) is 0 Å². The average Bonchev–Trinajstić information content (AvgIpc) is 1.76. The van der Waals surface area contributed by atoms with Crippen LogP contribution in [0.25, 0.3) is 0 Å². The van der Waals surface area contributed by atoms with Crippen molar-refractivity contribution in [2.45, 2.75) is 0 Å². The SMILES string of the molecule is [C]1NC=CP1. The fraction of sp³-hybridized carbons (Fsp3) is 0. The van der Waals surface area contributed by atoms with Crippen molar-refractivity contribution in [2.24, 2.45) is 0 Å². The molecule has 5 heavy (non-hydrogen) atoms. The molecule has 1 atom stereocenters. The molecular formula is C3H4NP. The first-order valence-electron chi connectivity index (χ1n) is 1.41. The summed E-state index contributed by atoms with van der Waals surface area (Å²) in [7, 11) is 0.767. The summed E-state index contributed by atoms with van der Waals surface area (Å²) in [5.41, 5.74) is 0. The highest BCUT2D eigenvalue weighted by Gasteiger charge is 1.83. The van der Waals surface area contributed by atoms with E-state index in [1.165, 1.54) is 0 Å². The Labute approximate surface area is 33.2 Å². The zero-order valence-electron chi connectivity index (χ0n) is 2.65. The summed E-state index contributed by atoms with van der Waals surface area (Å²) in [6.45, 7) is 0. The lowest BCUT2D eigenvalue weighted by Gasteiger charge is -1.75. The van der Waals surface area contributed by atoms with Crippen molar-refractivity contribution in [2.75, 3.05) is 0 Å². The third kappa shape index (κ3) is 0.624. The molecule has 0 spiro atoms. The van der Waals surface area contributed by atoms with E-state index in [9.17, 15) is 0 Å². The second-order valence-electron chi connectivity index (χ2n) is 0.747. The molecule has 1 unspecified atom stereocenters. The van der Waals surface area contributed by atoms with Crippen LogP contribution in [0, 0.1) is 6.29 Å². The zero-order valence-corrected chi connectivity index (χ0v) is 3.65. The molecule has 0 aromatic heterocycles. The fourth-order valence-electron chi connectivity index (χ4n) is 0.208. The molecule has 0 bridgehead atoms. The van der Waals surface area contributed by atoms with Crippen LogP contribution in [-0.4, -0.2) is 0 Å². The Morgan fingerprint density at radius 1 is 1.80 bits per heavy atom. The first kappa shape index (κ1) is 3.17. The molecule has 0 saturated heterocycles. The highest BCUT2D eigenvalue weighted by molar-refractivity contribution is 7.44. The van der Waals surface area contributed by atoms with Gasteiger partial charge in [-0.1, -0.05) is 8.58 Å². The van der Waals surface area contributed by atoms with E-state index >= 15 is 0 Å². The maximum atomic E-state index is 2.89. The molecule has 1 aliphatic heterocycles. The topological polar surface area (TPSA) is 12.0 Å². The minimum Gasteiger partial charge on any atom is -0.377 e. The summed E-state index contributed by atoms with van der Waals surface area (Å²) in [5, 5.41) is 2.80. The lowest BCUT2D eigenvalue weighted by atomic mass is 11.0. The van der Waals surface area contributed by atoms with Crippen molar-refractivity contribution < 1.29 is 0 Å². The summed E-state index contributed by atoms with van der Waals surface area (Å²) >= 11 is 0. The van der Waals surface area contributed by atoms with Crippen LogP contribution in [0.5, 0.6) is 0 Å². The van der Waals surface area contributed by atoms with Gasteiger partial charge in [0.15, 0.2) is 0 Å². The van der Waals surface area contributed by atoms with Crippen LogP contribution in [0.3, 0.4) is 0 Å². The van der Waals surface area contributed by atoms with Crippen LogP contribution in [0.1, 0.15) is 0 Å². The van der Waals surface area contributed by atoms with Gasteiger partial charge in [-0.15, -0.1) is 0 Å². The van der Waals surface area contributed by atoms with Gasteiger partial charge in [0.05, 0.1) is 0 Å². The second kappa shape index (κ2) is 1.42. The van der Waals surface area contributed by atoms with E-state index < -0.39 is 0 Å². The van der Waals surface area contributed by atoms with Gasteiger partial charge in [-0.2, -0.15) is 0 Å². The Morgan fingerprint density at radius 3 is 3.00 bits per heavy atom. The summed E-state index contributed by atoms with van der Waals surface area (Å²) in [6.07, 6.45) is 4.78. The van der Waals surface area contributed by atoms with E-state index in [0.29, 0.717) is 0 Å². The number of nitrogens with one attached hydrogen (secondary N) is 1. The number of rotatable bonds is 0. The van der Waals surface area contributed by atoms with Gasteiger partial charge in [0.2, 0.25) is 0 Å². The normalized spacial score (nSPS) is 24.0. The summed E-state index contributed by atoms with van der Waals surface area (Å²) in [6, 6.07) is 0. The molecule has 0 amide bonds. The molecular weight excluding hydrogens is 81.0 g/mol. The second-order valence-corrected chi connectivity index (χ2v) is 1.62. The first-order chi connectivity index (χ1) is 2.50. The van der Waals surface area contributed by atoms with Crippen LogP contribution in [0.4, 0.5) is 0 Å². The number of hydrogen-bond acceptors (Lipinski definition) is 1. The summed E-state index contributed by atoms with van der Waals surface area (Å²) in [4.78, 5) is 0. The Morgan fingerprint density at radius 2 is 2.80 bits per heavy atom. The maximum absolute atomic E-state index is 2.89. The Balaban J connectivity index is 2.32. The maximum Gasteiger partial charge on any atom is 0.117 e. The van der Waals surface area contributed by atoms with E-state index in [1.807, 2.05) is 12.0 Å². The van der Waals surface area contributed by atoms with E-state index in [1.54, 1.807) is 0 Å². The highest BCUT2D eigenvalue weighted by atomic mass is 31.1. The van der Waals surface area contributed by atoms with E-state index in [4.69, 9.17) is 0 Å². The zero-order chi connectivity index (χ0) is 3.54. The minimum atomic E-state index is 0.767. The average molecular weight is 85.0 g/mol. The van der Waals surface area contributed by atoms with Crippen LogP contribution in [-0.2, 0) is 0 Å². The molecule has 0 aromatic carbocycles. The third-order valence-corrected chi connectivity index (χ3v) is 1.02. The quantitative estimate of drug-likeness (QED) is 0.428. The monoisotopic (exact) mass is 85.0 g/mol. The molecule has 0 fully saturated rings. The molecule has 0 aliphatic carbocycles. The minimum absolute atomic E-state index is 0.767. The Bertz CT molecular complexity index is 44.9. The van der Waals surface area contributed by atoms with E-state index in [0.717, 1.165) is 8.58 Å². The van der Waals surface area contributed by atoms with Crippen molar-refractivity contribution in [1.29, 1.82) is 0 Å². The van der Waals surface area contributed by atoms with Crippen LogP contribution in [0.15, 0.2) is 12.0 Å². The van der Waals surface area contributed by atoms with Crippen molar-refractivity contribution in [3.63, 3.8) is 0 Å². The Hall–Kier alpha value is -0.0300. The molecule has 26 valence electrons. The first-order valence-corrected chi connectivity index (χ1v) is 2.49. The molecule has 2 heteroatoms. The summed E-state index contributed by atoms with van der Waals surface area (Å²) < 4.78 is 0. The molecule has 1 aliphatic rings. The van der Waals surface area contributed by atoms with Crippen molar-refractivity contribution in [3.8, 4) is 0 Å². The van der Waals surface area contributed by atoms with E-state index in [-0.39, 0.29) is 0 Å². The highest BCUT2D eigenvalue weighted by Crippen LogP contribution is 2.17. The largest absolute Gasteiger partial charge is 0.377 e. The molecule has 1 N–H and O–H groups in total. The van der Waals surface area contributed by atoms with Gasteiger partial charge in [0, 0.05) is 0 Å². The van der Waals surface area contributed by atoms with Crippen molar-refractivity contribution >= 4 is 8.58 Å². The molecule has 0 aromatic rings. The fourth-order valence-corrected chi connectivity index (χ4v) is 0.625. The van der Waals surface area contributed by atoms with Gasteiger partial charge >= 0.3 is 0 Å². The predicted octanol–water partition coefficient (Wildman–Crippen LogP) is 0.736. The standard InChI is InChI=1S/C3H4NP/c1-2-5-3-4-1/h1-2,4-5H. The predicted molar refractivity (Wildman–Crippen MR) is 23.8 cm³/mol. The van der Waals surface area contributed by atoms with Gasteiger partial charge < -0.3 is 5.32 Å². The van der Waals surface area contributed by atoms with Crippen molar-refractivity contribution in [1.82, 2.24) is 5.32 Å². The molecule has 1 nitrogen and oxygen atoms in total. The van der Waals surface area contributed by atoms with Gasteiger partial charge in [-0.05, 0) is 12.0 Å². The third-order valence-electron chi connectivity index (χ3n) is 0.394. The van der Waals surface area contributed by atoms with Crippen LogP contribution in [0.2, 0.25) is 0 Å². The molecule has 2 radical (unpaired) electrons. The smallest absolute Gasteiger partial charge is 0.117 e. The summed E-state index contributed by atoms with van der Waals surface area (Å²) in [5.74, 6) is 2.04. The Kier molecular flexibility index (Phi) is 0.899. The van der Waals surface area contributed by atoms with Gasteiger partial charge in [0.1, 0.15) is 6.29 Å². The van der Waals surface area contributed by atoms with Crippen LogP contribution >= 0.6 is 8.58 Å². The van der Waals surface area contributed by atoms with E-state index in [2.05, 4.69) is 11.6 Å². The number of hydrogen-bond donors (Lipinski definition) is 1. The van der Waals surface area contributed by atoms with Gasteiger partial charge in [0.25, 0.3) is 0 Å². The lowest BCUT2D eigenvalue weighted by Crippen LogP contribution is -1.85. The molecule has 1 heterocycles. The molecule has 0 saturated carbocycles. The van der Waals surface area contributed by atoms with Crippen LogP contribution < -0.4 is 5.32 Å².